The van der Waals surface area contributed by atoms with Crippen LogP contribution in [0, 0.1) is 5.82 Å². The number of ether oxygens (including phenoxy) is 1. The summed E-state index contributed by atoms with van der Waals surface area (Å²) < 4.78 is 19.5. The minimum absolute atomic E-state index is 0.0787. The molecular formula is C14H10BrFN2O2. The van der Waals surface area contributed by atoms with Gasteiger partial charge in [-0.25, -0.2) is 4.39 Å². The molecular weight excluding hydrogens is 327 g/mol. The number of amides is 1. The number of anilines is 2. The second kappa shape index (κ2) is 4.79. The zero-order valence-corrected chi connectivity index (χ0v) is 11.8. The van der Waals surface area contributed by atoms with Crippen LogP contribution < -0.4 is 15.8 Å². The molecule has 3 rings (SSSR count). The number of benzene rings is 2. The lowest BCUT2D eigenvalue weighted by atomic mass is 10.1. The van der Waals surface area contributed by atoms with Crippen LogP contribution in [0.2, 0.25) is 0 Å². The van der Waals surface area contributed by atoms with Crippen LogP contribution in [0.1, 0.15) is 5.56 Å². The summed E-state index contributed by atoms with van der Waals surface area (Å²) in [6.07, 6.45) is 0.311. The standard InChI is InChI=1S/C14H10BrFN2O2/c15-8-3-9(16)5-10(4-8)20-13-6-12-7(1-11(13)17)2-14(19)18-12/h1,3-6H,2,17H2,(H,18,19). The summed E-state index contributed by atoms with van der Waals surface area (Å²) in [5.41, 5.74) is 7.81. The fourth-order valence-electron chi connectivity index (χ4n) is 2.08. The summed E-state index contributed by atoms with van der Waals surface area (Å²) >= 11 is 3.19. The van der Waals surface area contributed by atoms with Crippen molar-refractivity contribution in [3.63, 3.8) is 0 Å². The molecule has 0 aliphatic carbocycles. The van der Waals surface area contributed by atoms with Crippen LogP contribution >= 0.6 is 15.9 Å². The van der Waals surface area contributed by atoms with Crippen molar-refractivity contribution in [2.24, 2.45) is 0 Å². The van der Waals surface area contributed by atoms with Crippen molar-refractivity contribution < 1.29 is 13.9 Å². The molecule has 6 heteroatoms. The molecule has 2 aromatic carbocycles. The van der Waals surface area contributed by atoms with E-state index in [4.69, 9.17) is 10.5 Å². The Morgan fingerprint density at radius 3 is 2.80 bits per heavy atom. The molecule has 1 aliphatic rings. The van der Waals surface area contributed by atoms with Crippen molar-refractivity contribution in [2.45, 2.75) is 6.42 Å². The maximum absolute atomic E-state index is 13.3. The zero-order chi connectivity index (χ0) is 14.3. The van der Waals surface area contributed by atoms with Gasteiger partial charge in [0.25, 0.3) is 0 Å². The summed E-state index contributed by atoms with van der Waals surface area (Å²) in [7, 11) is 0. The number of carbonyl (C=O) groups excluding carboxylic acids is 1. The quantitative estimate of drug-likeness (QED) is 0.825. The lowest BCUT2D eigenvalue weighted by Crippen LogP contribution is -2.03. The van der Waals surface area contributed by atoms with E-state index in [0.717, 1.165) is 5.56 Å². The predicted molar refractivity (Wildman–Crippen MR) is 77.4 cm³/mol. The third kappa shape index (κ3) is 2.46. The van der Waals surface area contributed by atoms with Gasteiger partial charge in [-0.05, 0) is 23.8 Å². The number of fused-ring (bicyclic) bond motifs is 1. The van der Waals surface area contributed by atoms with E-state index >= 15 is 0 Å². The van der Waals surface area contributed by atoms with Crippen molar-refractivity contribution in [3.8, 4) is 11.5 Å². The maximum atomic E-state index is 13.3. The molecule has 0 atom stereocenters. The Morgan fingerprint density at radius 1 is 1.25 bits per heavy atom. The first-order chi connectivity index (χ1) is 9.51. The first-order valence-electron chi connectivity index (χ1n) is 5.87. The summed E-state index contributed by atoms with van der Waals surface area (Å²) in [5.74, 6) is 0.212. The lowest BCUT2D eigenvalue weighted by Gasteiger charge is -2.11. The van der Waals surface area contributed by atoms with Gasteiger partial charge in [-0.3, -0.25) is 4.79 Å². The van der Waals surface area contributed by atoms with Gasteiger partial charge in [-0.2, -0.15) is 0 Å². The van der Waals surface area contributed by atoms with Crippen LogP contribution in [0.4, 0.5) is 15.8 Å². The van der Waals surface area contributed by atoms with Crippen LogP contribution in [0.15, 0.2) is 34.8 Å². The van der Waals surface area contributed by atoms with Gasteiger partial charge in [0.05, 0.1) is 12.1 Å². The summed E-state index contributed by atoms with van der Waals surface area (Å²) in [4.78, 5) is 11.3. The average molecular weight is 337 g/mol. The molecule has 1 amide bonds. The van der Waals surface area contributed by atoms with E-state index in [1.54, 1.807) is 18.2 Å². The molecule has 0 saturated carbocycles. The smallest absolute Gasteiger partial charge is 0.228 e. The Bertz CT molecular complexity index is 698. The Balaban J connectivity index is 1.95. The van der Waals surface area contributed by atoms with E-state index in [1.807, 2.05) is 0 Å². The van der Waals surface area contributed by atoms with Crippen molar-refractivity contribution in [1.82, 2.24) is 0 Å². The second-order valence-electron chi connectivity index (χ2n) is 4.48. The lowest BCUT2D eigenvalue weighted by molar-refractivity contribution is -0.115. The SMILES string of the molecule is Nc1cc2c(cc1Oc1cc(F)cc(Br)c1)NC(=O)C2. The topological polar surface area (TPSA) is 64.3 Å². The highest BCUT2D eigenvalue weighted by Crippen LogP contribution is 2.36. The number of hydrogen-bond donors (Lipinski definition) is 2. The predicted octanol–water partition coefficient (Wildman–Crippen LogP) is 3.46. The van der Waals surface area contributed by atoms with Gasteiger partial charge in [0, 0.05) is 22.3 Å². The maximum Gasteiger partial charge on any atom is 0.228 e. The van der Waals surface area contributed by atoms with Gasteiger partial charge in [0.2, 0.25) is 5.91 Å². The van der Waals surface area contributed by atoms with Crippen LogP contribution in [0.3, 0.4) is 0 Å². The molecule has 0 bridgehead atoms. The van der Waals surface area contributed by atoms with Gasteiger partial charge in [0.15, 0.2) is 5.75 Å². The normalized spacial score (nSPS) is 13.0. The van der Waals surface area contributed by atoms with E-state index in [0.29, 0.717) is 33.8 Å². The molecule has 0 aromatic heterocycles. The van der Waals surface area contributed by atoms with E-state index in [1.165, 1.54) is 12.1 Å². The number of nitrogens with one attached hydrogen (secondary N) is 1. The number of nitrogen functional groups attached to an aromatic ring is 1. The van der Waals surface area contributed by atoms with Crippen molar-refractivity contribution >= 4 is 33.2 Å². The fraction of sp³-hybridized carbons (Fsp3) is 0.0714. The summed E-state index contributed by atoms with van der Waals surface area (Å²) in [6, 6.07) is 7.56. The number of halogens is 2. The Hall–Kier alpha value is -2.08. The summed E-state index contributed by atoms with van der Waals surface area (Å²) in [5, 5.41) is 2.72. The van der Waals surface area contributed by atoms with Crippen molar-refractivity contribution in [3.05, 3.63) is 46.2 Å². The number of nitrogens with two attached hydrogens (primary N) is 1. The molecule has 20 heavy (non-hydrogen) atoms. The summed E-state index contributed by atoms with van der Waals surface area (Å²) in [6.45, 7) is 0. The van der Waals surface area contributed by atoms with Gasteiger partial charge in [-0.1, -0.05) is 15.9 Å². The van der Waals surface area contributed by atoms with Gasteiger partial charge in [-0.15, -0.1) is 0 Å². The molecule has 2 aromatic rings. The van der Waals surface area contributed by atoms with E-state index in [9.17, 15) is 9.18 Å². The fourth-order valence-corrected chi connectivity index (χ4v) is 2.52. The first-order valence-corrected chi connectivity index (χ1v) is 6.67. The van der Waals surface area contributed by atoms with E-state index in [-0.39, 0.29) is 5.91 Å². The molecule has 3 N–H and O–H groups in total. The highest BCUT2D eigenvalue weighted by Gasteiger charge is 2.20. The number of carbonyl (C=O) groups is 1. The van der Waals surface area contributed by atoms with Crippen molar-refractivity contribution in [1.29, 1.82) is 0 Å². The average Bonchev–Trinajstić information content (AvgIpc) is 2.67. The van der Waals surface area contributed by atoms with Crippen LogP contribution in [-0.4, -0.2) is 5.91 Å². The number of hydrogen-bond acceptors (Lipinski definition) is 3. The van der Waals surface area contributed by atoms with Crippen LogP contribution in [0.25, 0.3) is 0 Å². The largest absolute Gasteiger partial charge is 0.455 e. The molecule has 0 spiro atoms. The van der Waals surface area contributed by atoms with Crippen LogP contribution in [0.5, 0.6) is 11.5 Å². The molecule has 0 saturated heterocycles. The highest BCUT2D eigenvalue weighted by atomic mass is 79.9. The van der Waals surface area contributed by atoms with E-state index in [2.05, 4.69) is 21.2 Å². The monoisotopic (exact) mass is 336 g/mol. The van der Waals surface area contributed by atoms with Gasteiger partial charge in [0.1, 0.15) is 11.6 Å². The zero-order valence-electron chi connectivity index (χ0n) is 10.2. The van der Waals surface area contributed by atoms with E-state index < -0.39 is 5.82 Å². The number of rotatable bonds is 2. The molecule has 1 heterocycles. The van der Waals surface area contributed by atoms with Gasteiger partial charge < -0.3 is 15.8 Å². The molecule has 1 aliphatic heterocycles. The molecule has 4 nitrogen and oxygen atoms in total. The van der Waals surface area contributed by atoms with Crippen LogP contribution in [-0.2, 0) is 11.2 Å². The van der Waals surface area contributed by atoms with Crippen molar-refractivity contribution in [2.75, 3.05) is 11.1 Å². The molecule has 0 fully saturated rings. The Labute approximate surface area is 122 Å². The Kier molecular flexibility index (Phi) is 3.10. The third-order valence-electron chi connectivity index (χ3n) is 2.92. The van der Waals surface area contributed by atoms with Gasteiger partial charge >= 0.3 is 0 Å². The molecule has 102 valence electrons. The molecule has 0 radical (unpaired) electrons. The third-order valence-corrected chi connectivity index (χ3v) is 3.38. The highest BCUT2D eigenvalue weighted by molar-refractivity contribution is 9.10. The first kappa shape index (κ1) is 12.9. The minimum atomic E-state index is -0.414. The Morgan fingerprint density at radius 2 is 2.05 bits per heavy atom. The molecule has 0 unspecified atom stereocenters. The minimum Gasteiger partial charge on any atom is -0.455 e. The second-order valence-corrected chi connectivity index (χ2v) is 5.40.